The summed E-state index contributed by atoms with van der Waals surface area (Å²) in [6.07, 6.45) is 4.82. The first kappa shape index (κ1) is 20.1. The highest BCUT2D eigenvalue weighted by Crippen LogP contribution is 2.38. The van der Waals surface area contributed by atoms with Crippen LogP contribution in [0.15, 0.2) is 30.5 Å². The van der Waals surface area contributed by atoms with Crippen molar-refractivity contribution in [3.05, 3.63) is 36.0 Å². The van der Waals surface area contributed by atoms with Gasteiger partial charge in [0.1, 0.15) is 0 Å². The summed E-state index contributed by atoms with van der Waals surface area (Å²) in [4.78, 5) is 17.8. The van der Waals surface area contributed by atoms with Crippen LogP contribution >= 0.6 is 12.4 Å². The Morgan fingerprint density at radius 3 is 2.81 bits per heavy atom. The first-order valence-electron chi connectivity index (χ1n) is 9.39. The third-order valence-corrected chi connectivity index (χ3v) is 5.85. The molecule has 1 spiro atoms. The van der Waals surface area contributed by atoms with Gasteiger partial charge in [-0.25, -0.2) is 0 Å². The van der Waals surface area contributed by atoms with E-state index in [1.807, 2.05) is 30.5 Å². The van der Waals surface area contributed by atoms with Gasteiger partial charge in [0.05, 0.1) is 17.8 Å². The van der Waals surface area contributed by atoms with Crippen LogP contribution in [0.25, 0.3) is 10.9 Å². The SMILES string of the molecule is CN(CC1(O)CCOC2(CCNCC2)C1)C(=O)c1cccc2[nH]ccc12.Cl. The molecule has 0 bridgehead atoms. The number of aliphatic hydroxyl groups is 1. The predicted octanol–water partition coefficient (Wildman–Crippen LogP) is 2.33. The first-order valence-corrected chi connectivity index (χ1v) is 9.39. The number of halogens is 1. The molecule has 2 saturated heterocycles. The van der Waals surface area contributed by atoms with Crippen LogP contribution in [-0.4, -0.2) is 65.4 Å². The third-order valence-electron chi connectivity index (χ3n) is 5.85. The maximum Gasteiger partial charge on any atom is 0.254 e. The smallest absolute Gasteiger partial charge is 0.254 e. The molecule has 1 amide bonds. The van der Waals surface area contributed by atoms with Gasteiger partial charge in [-0.3, -0.25) is 4.79 Å². The zero-order valence-electron chi connectivity index (χ0n) is 15.7. The predicted molar refractivity (Wildman–Crippen MR) is 107 cm³/mol. The second-order valence-corrected chi connectivity index (χ2v) is 7.84. The van der Waals surface area contributed by atoms with Crippen molar-refractivity contribution < 1.29 is 14.6 Å². The Balaban J connectivity index is 0.00000210. The number of nitrogens with zero attached hydrogens (tertiary/aromatic N) is 1. The number of aromatic amines is 1. The van der Waals surface area contributed by atoms with E-state index in [0.29, 0.717) is 31.6 Å². The topological polar surface area (TPSA) is 77.6 Å². The molecule has 27 heavy (non-hydrogen) atoms. The number of ether oxygens (including phenoxy) is 1. The molecular formula is C20H28ClN3O3. The van der Waals surface area contributed by atoms with Gasteiger partial charge in [0, 0.05) is 49.1 Å². The number of H-pyrrole nitrogens is 1. The van der Waals surface area contributed by atoms with E-state index in [4.69, 9.17) is 4.74 Å². The average molecular weight is 394 g/mol. The molecule has 148 valence electrons. The summed E-state index contributed by atoms with van der Waals surface area (Å²) < 4.78 is 6.07. The lowest BCUT2D eigenvalue weighted by Crippen LogP contribution is -2.57. The molecule has 7 heteroatoms. The highest BCUT2D eigenvalue weighted by molar-refractivity contribution is 6.06. The fraction of sp³-hybridized carbons (Fsp3) is 0.550. The third kappa shape index (κ3) is 3.99. The van der Waals surface area contributed by atoms with Gasteiger partial charge in [-0.05, 0) is 44.1 Å². The van der Waals surface area contributed by atoms with E-state index in [0.717, 1.165) is 36.8 Å². The summed E-state index contributed by atoms with van der Waals surface area (Å²) in [7, 11) is 1.77. The van der Waals surface area contributed by atoms with Crippen LogP contribution in [0, 0.1) is 0 Å². The van der Waals surface area contributed by atoms with E-state index in [9.17, 15) is 9.90 Å². The van der Waals surface area contributed by atoms with Crippen LogP contribution in [-0.2, 0) is 4.74 Å². The minimum atomic E-state index is -0.897. The summed E-state index contributed by atoms with van der Waals surface area (Å²) in [6.45, 7) is 2.71. The summed E-state index contributed by atoms with van der Waals surface area (Å²) in [5.74, 6) is -0.0607. The van der Waals surface area contributed by atoms with Crippen LogP contribution in [0.4, 0.5) is 0 Å². The Labute approximate surface area is 165 Å². The number of hydrogen-bond donors (Lipinski definition) is 3. The van der Waals surface area contributed by atoms with E-state index in [1.165, 1.54) is 0 Å². The standard InChI is InChI=1S/C20H27N3O3.ClH/c1-23(18(24)16-3-2-4-17-15(16)5-9-22-17)14-19(25)8-12-26-20(13-19)6-10-21-11-7-20;/h2-5,9,21-22,25H,6-8,10-14H2,1H3;1H. The Morgan fingerprint density at radius 2 is 2.04 bits per heavy atom. The van der Waals surface area contributed by atoms with Crippen molar-refractivity contribution in [3.63, 3.8) is 0 Å². The number of benzene rings is 1. The van der Waals surface area contributed by atoms with Gasteiger partial charge in [-0.1, -0.05) is 6.07 Å². The number of carbonyl (C=O) groups excluding carboxylic acids is 1. The van der Waals surface area contributed by atoms with E-state index in [-0.39, 0.29) is 23.9 Å². The zero-order valence-corrected chi connectivity index (χ0v) is 16.5. The summed E-state index contributed by atoms with van der Waals surface area (Å²) >= 11 is 0. The minimum absolute atomic E-state index is 0. The highest BCUT2D eigenvalue weighted by Gasteiger charge is 2.46. The molecule has 1 aromatic heterocycles. The normalized spacial score (nSPS) is 24.5. The van der Waals surface area contributed by atoms with E-state index >= 15 is 0 Å². The highest BCUT2D eigenvalue weighted by atomic mass is 35.5. The van der Waals surface area contributed by atoms with Gasteiger partial charge < -0.3 is 25.0 Å². The van der Waals surface area contributed by atoms with Crippen LogP contribution in [0.5, 0.6) is 0 Å². The van der Waals surface area contributed by atoms with Crippen LogP contribution < -0.4 is 5.32 Å². The van der Waals surface area contributed by atoms with Crippen molar-refractivity contribution in [1.82, 2.24) is 15.2 Å². The van der Waals surface area contributed by atoms with E-state index in [2.05, 4.69) is 10.3 Å². The van der Waals surface area contributed by atoms with Crippen LogP contribution in [0.3, 0.4) is 0 Å². The van der Waals surface area contributed by atoms with E-state index < -0.39 is 5.60 Å². The molecule has 3 N–H and O–H groups in total. The molecule has 2 aliphatic rings. The molecule has 2 aliphatic heterocycles. The monoisotopic (exact) mass is 393 g/mol. The lowest BCUT2D eigenvalue weighted by atomic mass is 9.77. The van der Waals surface area contributed by atoms with Crippen molar-refractivity contribution in [2.45, 2.75) is 36.9 Å². The molecule has 0 aliphatic carbocycles. The van der Waals surface area contributed by atoms with Crippen molar-refractivity contribution in [2.24, 2.45) is 0 Å². The van der Waals surface area contributed by atoms with E-state index in [1.54, 1.807) is 11.9 Å². The summed E-state index contributed by atoms with van der Waals surface area (Å²) in [5.41, 5.74) is 0.468. The Bertz CT molecular complexity index is 797. The minimum Gasteiger partial charge on any atom is -0.388 e. The second kappa shape index (κ2) is 7.80. The van der Waals surface area contributed by atoms with Gasteiger partial charge in [0.2, 0.25) is 0 Å². The number of rotatable bonds is 3. The maximum absolute atomic E-state index is 13.0. The molecule has 2 fully saturated rings. The molecule has 6 nitrogen and oxygen atoms in total. The van der Waals surface area contributed by atoms with Crippen molar-refractivity contribution >= 4 is 29.2 Å². The Morgan fingerprint density at radius 1 is 1.26 bits per heavy atom. The second-order valence-electron chi connectivity index (χ2n) is 7.84. The molecule has 1 aromatic carbocycles. The van der Waals surface area contributed by atoms with Crippen LogP contribution in [0.2, 0.25) is 0 Å². The Kier molecular flexibility index (Phi) is 5.82. The summed E-state index contributed by atoms with van der Waals surface area (Å²) in [6, 6.07) is 7.60. The fourth-order valence-corrected chi connectivity index (χ4v) is 4.53. The van der Waals surface area contributed by atoms with Crippen molar-refractivity contribution in [2.75, 3.05) is 33.3 Å². The zero-order chi connectivity index (χ0) is 18.2. The number of nitrogens with one attached hydrogen (secondary N) is 2. The first-order chi connectivity index (χ1) is 12.5. The van der Waals surface area contributed by atoms with Gasteiger partial charge in [-0.2, -0.15) is 0 Å². The Hall–Kier alpha value is -1.60. The molecule has 1 atom stereocenters. The largest absolute Gasteiger partial charge is 0.388 e. The number of carbonyl (C=O) groups is 1. The molecule has 3 heterocycles. The molecule has 0 saturated carbocycles. The number of piperidine rings is 1. The average Bonchev–Trinajstić information content (AvgIpc) is 3.10. The molecule has 2 aromatic rings. The number of amides is 1. The van der Waals surface area contributed by atoms with Crippen LogP contribution in [0.1, 0.15) is 36.0 Å². The van der Waals surface area contributed by atoms with Crippen molar-refractivity contribution in [1.29, 1.82) is 0 Å². The van der Waals surface area contributed by atoms with Crippen molar-refractivity contribution in [3.8, 4) is 0 Å². The molecule has 4 rings (SSSR count). The maximum atomic E-state index is 13.0. The molecular weight excluding hydrogens is 366 g/mol. The molecule has 1 unspecified atom stereocenters. The number of fused-ring (bicyclic) bond motifs is 1. The lowest BCUT2D eigenvalue weighted by molar-refractivity contribution is -0.173. The quantitative estimate of drug-likeness (QED) is 0.747. The molecule has 0 radical (unpaired) electrons. The lowest BCUT2D eigenvalue weighted by Gasteiger charge is -2.48. The summed E-state index contributed by atoms with van der Waals surface area (Å²) in [5, 5.41) is 15.5. The van der Waals surface area contributed by atoms with Gasteiger partial charge in [0.15, 0.2) is 0 Å². The van der Waals surface area contributed by atoms with Gasteiger partial charge >= 0.3 is 0 Å². The van der Waals surface area contributed by atoms with Gasteiger partial charge in [-0.15, -0.1) is 12.4 Å². The number of likely N-dealkylation sites (N-methyl/N-ethyl adjacent to an activating group) is 1. The number of hydrogen-bond acceptors (Lipinski definition) is 4. The number of aromatic nitrogens is 1. The van der Waals surface area contributed by atoms with Gasteiger partial charge in [0.25, 0.3) is 5.91 Å². The fourth-order valence-electron chi connectivity index (χ4n) is 4.53.